The predicted molar refractivity (Wildman–Crippen MR) is 114 cm³/mol. The van der Waals surface area contributed by atoms with Gasteiger partial charge >= 0.3 is 5.97 Å². The fourth-order valence-corrected chi connectivity index (χ4v) is 5.25. The number of nitrogens with zero attached hydrogens (tertiary/aromatic N) is 3. The van der Waals surface area contributed by atoms with Gasteiger partial charge in [-0.05, 0) is 43.9 Å². The maximum atomic E-state index is 12.7. The molecule has 0 spiro atoms. The molecule has 1 fully saturated rings. The van der Waals surface area contributed by atoms with Gasteiger partial charge in [-0.15, -0.1) is 11.3 Å². The van der Waals surface area contributed by atoms with Crippen molar-refractivity contribution in [1.29, 1.82) is 0 Å². The van der Waals surface area contributed by atoms with Gasteiger partial charge in [0.1, 0.15) is 10.8 Å². The average Bonchev–Trinajstić information content (AvgIpc) is 3.30. The Hall–Kier alpha value is -2.45. The Morgan fingerprint density at radius 2 is 2.03 bits per heavy atom. The van der Waals surface area contributed by atoms with E-state index in [4.69, 9.17) is 4.74 Å². The number of hydrogen-bond donors (Lipinski definition) is 1. The monoisotopic (exact) mass is 414 g/mol. The van der Waals surface area contributed by atoms with E-state index in [0.717, 1.165) is 56.8 Å². The minimum Gasteiger partial charge on any atom is -0.462 e. The molecule has 8 heteroatoms. The molecule has 7 nitrogen and oxygen atoms in total. The Labute approximate surface area is 174 Å². The molecule has 0 radical (unpaired) electrons. The normalized spacial score (nSPS) is 16.5. The van der Waals surface area contributed by atoms with E-state index in [0.29, 0.717) is 23.7 Å². The largest absolute Gasteiger partial charge is 0.462 e. The van der Waals surface area contributed by atoms with Gasteiger partial charge in [0, 0.05) is 37.3 Å². The summed E-state index contributed by atoms with van der Waals surface area (Å²) in [6, 6.07) is 5.91. The Morgan fingerprint density at radius 3 is 2.76 bits per heavy atom. The van der Waals surface area contributed by atoms with E-state index in [2.05, 4.69) is 20.1 Å². The molecule has 1 aliphatic carbocycles. The van der Waals surface area contributed by atoms with Crippen molar-refractivity contribution < 1.29 is 14.3 Å². The molecular weight excluding hydrogens is 388 g/mol. The summed E-state index contributed by atoms with van der Waals surface area (Å²) >= 11 is 1.52. The fraction of sp³-hybridized carbons (Fsp3) is 0.476. The van der Waals surface area contributed by atoms with E-state index in [-0.39, 0.29) is 11.9 Å². The summed E-state index contributed by atoms with van der Waals surface area (Å²) < 4.78 is 5.23. The lowest BCUT2D eigenvalue weighted by atomic mass is 10.1. The van der Waals surface area contributed by atoms with E-state index in [1.54, 1.807) is 13.1 Å². The molecule has 0 bridgehead atoms. The standard InChI is InChI=1S/C21H26N4O3S/c1-2-28-21(27)19-15-6-5-7-16(15)29-20(19)23-18(26)14-24-10-12-25(13-11-24)17-8-3-4-9-22-17/h3-4,8-9H,2,5-7,10-14H2,1H3,(H,23,26). The van der Waals surface area contributed by atoms with E-state index < -0.39 is 0 Å². The molecule has 1 aliphatic heterocycles. The Balaban J connectivity index is 1.35. The van der Waals surface area contributed by atoms with Gasteiger partial charge in [-0.1, -0.05) is 6.07 Å². The van der Waals surface area contributed by atoms with Gasteiger partial charge in [-0.3, -0.25) is 9.69 Å². The van der Waals surface area contributed by atoms with Crippen LogP contribution in [0.25, 0.3) is 0 Å². The van der Waals surface area contributed by atoms with Crippen LogP contribution in [-0.2, 0) is 22.4 Å². The third-order valence-electron chi connectivity index (χ3n) is 5.37. The molecule has 0 unspecified atom stereocenters. The molecule has 1 saturated heterocycles. The summed E-state index contributed by atoms with van der Waals surface area (Å²) in [6.07, 6.45) is 4.71. The number of amides is 1. The molecule has 3 heterocycles. The lowest BCUT2D eigenvalue weighted by Gasteiger charge is -2.34. The summed E-state index contributed by atoms with van der Waals surface area (Å²) in [5.41, 5.74) is 1.63. The van der Waals surface area contributed by atoms with Crippen molar-refractivity contribution in [2.75, 3.05) is 49.5 Å². The number of fused-ring (bicyclic) bond motifs is 1. The first-order valence-electron chi connectivity index (χ1n) is 10.2. The summed E-state index contributed by atoms with van der Waals surface area (Å²) in [6.45, 7) is 5.73. The van der Waals surface area contributed by atoms with E-state index >= 15 is 0 Å². The van der Waals surface area contributed by atoms with Crippen molar-refractivity contribution in [3.8, 4) is 0 Å². The van der Waals surface area contributed by atoms with Crippen LogP contribution in [-0.4, -0.2) is 61.1 Å². The fourth-order valence-electron chi connectivity index (χ4n) is 3.96. The quantitative estimate of drug-likeness (QED) is 0.733. The van der Waals surface area contributed by atoms with Crippen molar-refractivity contribution in [2.24, 2.45) is 0 Å². The molecule has 4 rings (SSSR count). The minimum atomic E-state index is -0.328. The lowest BCUT2D eigenvalue weighted by Crippen LogP contribution is -2.48. The lowest BCUT2D eigenvalue weighted by molar-refractivity contribution is -0.117. The van der Waals surface area contributed by atoms with Crippen molar-refractivity contribution >= 4 is 34.0 Å². The molecule has 1 N–H and O–H groups in total. The van der Waals surface area contributed by atoms with Gasteiger partial charge in [-0.2, -0.15) is 0 Å². The highest BCUT2D eigenvalue weighted by molar-refractivity contribution is 7.17. The highest BCUT2D eigenvalue weighted by Crippen LogP contribution is 2.39. The molecule has 2 aromatic heterocycles. The molecular formula is C21H26N4O3S. The zero-order valence-electron chi connectivity index (χ0n) is 16.6. The van der Waals surface area contributed by atoms with Gasteiger partial charge in [0.25, 0.3) is 0 Å². The number of nitrogens with one attached hydrogen (secondary N) is 1. The van der Waals surface area contributed by atoms with Crippen molar-refractivity contribution in [1.82, 2.24) is 9.88 Å². The molecule has 29 heavy (non-hydrogen) atoms. The SMILES string of the molecule is CCOC(=O)c1c(NC(=O)CN2CCN(c3ccccn3)CC2)sc2c1CCC2. The summed E-state index contributed by atoms with van der Waals surface area (Å²) in [7, 11) is 0. The van der Waals surface area contributed by atoms with E-state index in [9.17, 15) is 9.59 Å². The Kier molecular flexibility index (Phi) is 6.10. The van der Waals surface area contributed by atoms with Crippen molar-refractivity contribution in [2.45, 2.75) is 26.2 Å². The predicted octanol–water partition coefficient (Wildman–Crippen LogP) is 2.57. The minimum absolute atomic E-state index is 0.0817. The number of thiophene rings is 1. The third-order valence-corrected chi connectivity index (χ3v) is 6.57. The number of esters is 1. The van der Waals surface area contributed by atoms with Gasteiger partial charge in [-0.25, -0.2) is 9.78 Å². The molecule has 0 saturated carbocycles. The van der Waals surface area contributed by atoms with Crippen LogP contribution in [0.1, 0.15) is 34.1 Å². The van der Waals surface area contributed by atoms with Crippen LogP contribution in [0.5, 0.6) is 0 Å². The smallest absolute Gasteiger partial charge is 0.341 e. The molecule has 2 aromatic rings. The second kappa shape index (κ2) is 8.92. The molecule has 0 aromatic carbocycles. The number of anilines is 2. The van der Waals surface area contributed by atoms with Crippen LogP contribution in [0.4, 0.5) is 10.8 Å². The topological polar surface area (TPSA) is 74.8 Å². The zero-order chi connectivity index (χ0) is 20.2. The number of piperazine rings is 1. The van der Waals surface area contributed by atoms with Gasteiger partial charge in [0.2, 0.25) is 5.91 Å². The molecule has 0 atom stereocenters. The first-order chi connectivity index (χ1) is 14.2. The number of aromatic nitrogens is 1. The first kappa shape index (κ1) is 19.8. The third kappa shape index (κ3) is 4.43. The summed E-state index contributed by atoms with van der Waals surface area (Å²) in [4.78, 5) is 35.1. The number of ether oxygens (including phenoxy) is 1. The van der Waals surface area contributed by atoms with Gasteiger partial charge in [0.15, 0.2) is 0 Å². The Morgan fingerprint density at radius 1 is 1.21 bits per heavy atom. The summed E-state index contributed by atoms with van der Waals surface area (Å²) in [5, 5.41) is 3.62. The second-order valence-electron chi connectivity index (χ2n) is 7.28. The number of aryl methyl sites for hydroxylation is 1. The number of carbonyl (C=O) groups is 2. The Bertz CT molecular complexity index is 876. The zero-order valence-corrected chi connectivity index (χ0v) is 17.5. The molecule has 1 amide bonds. The maximum Gasteiger partial charge on any atom is 0.341 e. The second-order valence-corrected chi connectivity index (χ2v) is 8.39. The van der Waals surface area contributed by atoms with Crippen LogP contribution in [0, 0.1) is 0 Å². The van der Waals surface area contributed by atoms with Crippen LogP contribution in [0.3, 0.4) is 0 Å². The van der Waals surface area contributed by atoms with Crippen LogP contribution >= 0.6 is 11.3 Å². The highest BCUT2D eigenvalue weighted by Gasteiger charge is 2.29. The number of pyridine rings is 1. The van der Waals surface area contributed by atoms with Crippen LogP contribution in [0.2, 0.25) is 0 Å². The maximum absolute atomic E-state index is 12.7. The number of rotatable bonds is 6. The van der Waals surface area contributed by atoms with Gasteiger partial charge < -0.3 is 15.0 Å². The number of hydrogen-bond acceptors (Lipinski definition) is 7. The van der Waals surface area contributed by atoms with E-state index in [1.807, 2.05) is 18.2 Å². The van der Waals surface area contributed by atoms with Crippen molar-refractivity contribution in [3.05, 3.63) is 40.4 Å². The van der Waals surface area contributed by atoms with E-state index in [1.165, 1.54) is 16.2 Å². The van der Waals surface area contributed by atoms with Crippen molar-refractivity contribution in [3.63, 3.8) is 0 Å². The van der Waals surface area contributed by atoms with Crippen LogP contribution < -0.4 is 10.2 Å². The molecule has 154 valence electrons. The number of carbonyl (C=O) groups excluding carboxylic acids is 2. The first-order valence-corrected chi connectivity index (χ1v) is 11.0. The average molecular weight is 415 g/mol. The van der Waals surface area contributed by atoms with Crippen LogP contribution in [0.15, 0.2) is 24.4 Å². The molecule has 2 aliphatic rings. The highest BCUT2D eigenvalue weighted by atomic mass is 32.1. The van der Waals surface area contributed by atoms with Gasteiger partial charge in [0.05, 0.1) is 18.7 Å². The summed E-state index contributed by atoms with van der Waals surface area (Å²) in [5.74, 6) is 0.566.